The molecule has 0 fully saturated rings. The van der Waals surface area contributed by atoms with Crippen LogP contribution in [-0.2, 0) is 4.79 Å². The number of hydrogen-bond acceptors (Lipinski definition) is 4. The molecule has 0 aliphatic heterocycles. The number of carbonyl (C=O) groups excluding carboxylic acids is 1. The van der Waals surface area contributed by atoms with E-state index in [-0.39, 0.29) is 19.7 Å². The zero-order valence-corrected chi connectivity index (χ0v) is 10.8. The van der Waals surface area contributed by atoms with Crippen molar-refractivity contribution in [3.8, 4) is 0 Å². The number of hydrogen-bond donors (Lipinski definition) is 4. The van der Waals surface area contributed by atoms with Crippen LogP contribution < -0.4 is 5.32 Å². The molecule has 0 heterocycles. The Morgan fingerprint density at radius 2 is 1.94 bits per heavy atom. The minimum Gasteiger partial charge on any atom is -0.479 e. The maximum atomic E-state index is 11.7. The van der Waals surface area contributed by atoms with Crippen LogP contribution in [0, 0.1) is 0 Å². The van der Waals surface area contributed by atoms with Crippen LogP contribution in [-0.4, -0.2) is 64.1 Å². The van der Waals surface area contributed by atoms with Gasteiger partial charge in [0.2, 0.25) is 0 Å². The number of aliphatic hydroxyl groups is 2. The van der Waals surface area contributed by atoms with Crippen LogP contribution in [0.5, 0.6) is 0 Å². The largest absolute Gasteiger partial charge is 0.479 e. The number of rotatable bonds is 8. The lowest BCUT2D eigenvalue weighted by atomic mass is 10.1. The predicted molar refractivity (Wildman–Crippen MR) is 65.2 cm³/mol. The lowest BCUT2D eigenvalue weighted by Gasteiger charge is -2.24. The molecule has 0 aromatic heterocycles. The molecule has 0 bridgehead atoms. The SMILES string of the molecule is CCCCN(CCO)C(=O)NCC(C)(O)C(=O)O. The van der Waals surface area contributed by atoms with Crippen LogP contribution in [0.4, 0.5) is 4.79 Å². The first-order valence-corrected chi connectivity index (χ1v) is 5.94. The summed E-state index contributed by atoms with van der Waals surface area (Å²) in [6, 6.07) is -0.487. The van der Waals surface area contributed by atoms with Gasteiger partial charge >= 0.3 is 12.0 Å². The summed E-state index contributed by atoms with van der Waals surface area (Å²) in [6.45, 7) is 3.21. The minimum atomic E-state index is -1.99. The third kappa shape index (κ3) is 5.83. The van der Waals surface area contributed by atoms with E-state index in [1.807, 2.05) is 6.92 Å². The molecule has 0 spiro atoms. The molecular formula is C11H22N2O5. The van der Waals surface area contributed by atoms with E-state index in [1.165, 1.54) is 4.90 Å². The van der Waals surface area contributed by atoms with Gasteiger partial charge in [0, 0.05) is 13.1 Å². The smallest absolute Gasteiger partial charge is 0.337 e. The number of carboxylic acids is 1. The highest BCUT2D eigenvalue weighted by Gasteiger charge is 2.30. The Morgan fingerprint density at radius 3 is 2.39 bits per heavy atom. The zero-order chi connectivity index (χ0) is 14.2. The number of urea groups is 1. The summed E-state index contributed by atoms with van der Waals surface area (Å²) < 4.78 is 0. The van der Waals surface area contributed by atoms with E-state index in [0.717, 1.165) is 19.8 Å². The molecule has 2 amide bonds. The summed E-state index contributed by atoms with van der Waals surface area (Å²) >= 11 is 0. The molecule has 0 rings (SSSR count). The van der Waals surface area contributed by atoms with E-state index >= 15 is 0 Å². The molecule has 106 valence electrons. The molecule has 1 unspecified atom stereocenters. The van der Waals surface area contributed by atoms with Gasteiger partial charge in [-0.15, -0.1) is 0 Å². The standard InChI is InChI=1S/C11H22N2O5/c1-3-4-5-13(6-7-14)10(17)12-8-11(2,18)9(15)16/h14,18H,3-8H2,1-2H3,(H,12,17)(H,15,16). The number of unbranched alkanes of at least 4 members (excludes halogenated alkanes) is 1. The second-order valence-corrected chi connectivity index (χ2v) is 4.30. The van der Waals surface area contributed by atoms with Gasteiger partial charge in [-0.25, -0.2) is 9.59 Å². The maximum absolute atomic E-state index is 11.7. The van der Waals surface area contributed by atoms with Crippen LogP contribution in [0.3, 0.4) is 0 Å². The van der Waals surface area contributed by atoms with Crippen LogP contribution in [0.2, 0.25) is 0 Å². The Morgan fingerprint density at radius 1 is 1.33 bits per heavy atom. The Hall–Kier alpha value is -1.34. The molecule has 7 heteroatoms. The van der Waals surface area contributed by atoms with Crippen molar-refractivity contribution < 1.29 is 24.9 Å². The summed E-state index contributed by atoms with van der Waals surface area (Å²) in [6.07, 6.45) is 1.70. The fourth-order valence-corrected chi connectivity index (χ4v) is 1.22. The van der Waals surface area contributed by atoms with Crippen LogP contribution >= 0.6 is 0 Å². The summed E-state index contributed by atoms with van der Waals surface area (Å²) in [5.74, 6) is -1.40. The van der Waals surface area contributed by atoms with Crippen molar-refractivity contribution in [1.82, 2.24) is 10.2 Å². The van der Waals surface area contributed by atoms with E-state index in [2.05, 4.69) is 5.32 Å². The third-order valence-electron chi connectivity index (χ3n) is 2.48. The van der Waals surface area contributed by atoms with Crippen molar-refractivity contribution in [1.29, 1.82) is 0 Å². The monoisotopic (exact) mass is 262 g/mol. The molecule has 7 nitrogen and oxygen atoms in total. The van der Waals surface area contributed by atoms with E-state index < -0.39 is 17.6 Å². The molecule has 1 atom stereocenters. The van der Waals surface area contributed by atoms with Gasteiger partial charge in [-0.3, -0.25) is 0 Å². The average Bonchev–Trinajstić information content (AvgIpc) is 2.31. The fraction of sp³-hybridized carbons (Fsp3) is 0.818. The lowest BCUT2D eigenvalue weighted by Crippen LogP contribution is -2.50. The summed E-state index contributed by atoms with van der Waals surface area (Å²) in [5.41, 5.74) is -1.99. The molecule has 18 heavy (non-hydrogen) atoms. The highest BCUT2D eigenvalue weighted by atomic mass is 16.4. The molecule has 0 aliphatic carbocycles. The summed E-state index contributed by atoms with van der Waals surface area (Å²) in [7, 11) is 0. The van der Waals surface area contributed by atoms with E-state index in [9.17, 15) is 14.7 Å². The van der Waals surface area contributed by atoms with Crippen molar-refractivity contribution in [3.63, 3.8) is 0 Å². The minimum absolute atomic E-state index is 0.160. The topological polar surface area (TPSA) is 110 Å². The van der Waals surface area contributed by atoms with Gasteiger partial charge < -0.3 is 25.5 Å². The summed E-state index contributed by atoms with van der Waals surface area (Å²) in [4.78, 5) is 23.7. The number of nitrogens with one attached hydrogen (secondary N) is 1. The zero-order valence-electron chi connectivity index (χ0n) is 10.8. The first kappa shape index (κ1) is 16.7. The lowest BCUT2D eigenvalue weighted by molar-refractivity contribution is -0.155. The molecule has 0 saturated carbocycles. The molecule has 0 aromatic rings. The molecule has 0 aliphatic rings. The number of carboxylic acid groups (broad SMARTS) is 1. The molecular weight excluding hydrogens is 240 g/mol. The molecule has 0 saturated heterocycles. The Bertz CT molecular complexity index is 281. The Labute approximate surface area is 106 Å². The van der Waals surface area contributed by atoms with E-state index in [1.54, 1.807) is 0 Å². The highest BCUT2D eigenvalue weighted by molar-refractivity contribution is 5.79. The number of carbonyl (C=O) groups is 2. The van der Waals surface area contributed by atoms with Crippen LogP contribution in [0.15, 0.2) is 0 Å². The predicted octanol–water partition coefficient (Wildman–Crippen LogP) is -0.374. The van der Waals surface area contributed by atoms with Gasteiger partial charge in [-0.05, 0) is 13.3 Å². The van der Waals surface area contributed by atoms with Crippen molar-refractivity contribution in [2.75, 3.05) is 26.2 Å². The second kappa shape index (κ2) is 7.88. The number of amides is 2. The van der Waals surface area contributed by atoms with Crippen molar-refractivity contribution in [3.05, 3.63) is 0 Å². The van der Waals surface area contributed by atoms with Gasteiger partial charge in [0.15, 0.2) is 5.60 Å². The summed E-state index contributed by atoms with van der Waals surface area (Å²) in [5, 5.41) is 29.3. The fourth-order valence-electron chi connectivity index (χ4n) is 1.22. The third-order valence-corrected chi connectivity index (χ3v) is 2.48. The van der Waals surface area contributed by atoms with Gasteiger partial charge in [0.25, 0.3) is 0 Å². The normalized spacial score (nSPS) is 13.8. The number of aliphatic carboxylic acids is 1. The number of nitrogens with zero attached hydrogens (tertiary/aromatic N) is 1. The first-order chi connectivity index (χ1) is 8.35. The molecule has 4 N–H and O–H groups in total. The van der Waals surface area contributed by atoms with Crippen LogP contribution in [0.1, 0.15) is 26.7 Å². The van der Waals surface area contributed by atoms with Crippen molar-refractivity contribution in [2.45, 2.75) is 32.3 Å². The average molecular weight is 262 g/mol. The van der Waals surface area contributed by atoms with Gasteiger partial charge in [-0.2, -0.15) is 0 Å². The molecule has 0 aromatic carbocycles. The Kier molecular flexibility index (Phi) is 7.30. The van der Waals surface area contributed by atoms with Gasteiger partial charge in [0.05, 0.1) is 13.2 Å². The second-order valence-electron chi connectivity index (χ2n) is 4.30. The van der Waals surface area contributed by atoms with Crippen molar-refractivity contribution in [2.24, 2.45) is 0 Å². The van der Waals surface area contributed by atoms with E-state index in [0.29, 0.717) is 6.54 Å². The van der Waals surface area contributed by atoms with Gasteiger partial charge in [-0.1, -0.05) is 13.3 Å². The Balaban J connectivity index is 4.29. The maximum Gasteiger partial charge on any atom is 0.337 e. The quantitative estimate of drug-likeness (QED) is 0.477. The number of aliphatic hydroxyl groups excluding tert-OH is 1. The van der Waals surface area contributed by atoms with Crippen LogP contribution in [0.25, 0.3) is 0 Å². The molecule has 0 radical (unpaired) electrons. The van der Waals surface area contributed by atoms with Crippen molar-refractivity contribution >= 4 is 12.0 Å². The van der Waals surface area contributed by atoms with Gasteiger partial charge in [0.1, 0.15) is 0 Å². The highest BCUT2D eigenvalue weighted by Crippen LogP contribution is 2.02. The first-order valence-electron chi connectivity index (χ1n) is 5.94. The van der Waals surface area contributed by atoms with E-state index in [4.69, 9.17) is 10.2 Å².